The summed E-state index contributed by atoms with van der Waals surface area (Å²) in [6.45, 7) is 0.407. The summed E-state index contributed by atoms with van der Waals surface area (Å²) < 4.78 is 0. The van der Waals surface area contributed by atoms with Gasteiger partial charge in [-0.2, -0.15) is 0 Å². The molecule has 0 radical (unpaired) electrons. The van der Waals surface area contributed by atoms with Gasteiger partial charge in [-0.1, -0.05) is 6.07 Å². The molecule has 0 aliphatic carbocycles. The van der Waals surface area contributed by atoms with Gasteiger partial charge in [-0.15, -0.1) is 0 Å². The zero-order valence-corrected chi connectivity index (χ0v) is 7.36. The van der Waals surface area contributed by atoms with Crippen LogP contribution in [0.4, 0.5) is 0 Å². The number of aliphatic hydroxyl groups is 1. The van der Waals surface area contributed by atoms with E-state index in [1.54, 1.807) is 13.1 Å². The summed E-state index contributed by atoms with van der Waals surface area (Å²) in [4.78, 5) is 0. The average Bonchev–Trinajstić information content (AvgIpc) is 2.10. The molecule has 0 aromatic heterocycles. The minimum absolute atomic E-state index is 0. The first-order valence-corrected chi connectivity index (χ1v) is 3.99. The van der Waals surface area contributed by atoms with E-state index < -0.39 is 6.10 Å². The zero-order valence-electron chi connectivity index (χ0n) is 7.36. The molecule has 0 aliphatic rings. The molecule has 0 heterocycles. The number of phenols is 2. The van der Waals surface area contributed by atoms with Gasteiger partial charge in [0.05, 0.1) is 6.10 Å². The summed E-state index contributed by atoms with van der Waals surface area (Å²) in [6, 6.07) is 4.26. The van der Waals surface area contributed by atoms with Crippen molar-refractivity contribution in [1.29, 1.82) is 0 Å². The van der Waals surface area contributed by atoms with E-state index in [-0.39, 0.29) is 41.1 Å². The van der Waals surface area contributed by atoms with Crippen LogP contribution in [0.5, 0.6) is 11.5 Å². The Labute approximate surface area is 105 Å². The number of likely N-dealkylation sites (N-methyl/N-ethyl adjacent to an activating group) is 1. The summed E-state index contributed by atoms with van der Waals surface area (Å²) in [5.74, 6) is -0.395. The van der Waals surface area contributed by atoms with E-state index in [1.807, 2.05) is 0 Å². The van der Waals surface area contributed by atoms with E-state index >= 15 is 0 Å². The standard InChI is InChI=1S/C9H13NO3.Na.H/c1-10-5-9(13)6-2-3-7(11)8(12)4-6;;/h2-4,9-13H,5H2,1H3;;/t9-;;/m0../s1. The second kappa shape index (κ2) is 6.27. The van der Waals surface area contributed by atoms with Crippen molar-refractivity contribution in [2.45, 2.75) is 6.10 Å². The Balaban J connectivity index is 0.00000169. The summed E-state index contributed by atoms with van der Waals surface area (Å²) in [6.07, 6.45) is -0.670. The molecule has 0 unspecified atom stereocenters. The van der Waals surface area contributed by atoms with Gasteiger partial charge in [0.15, 0.2) is 11.5 Å². The van der Waals surface area contributed by atoms with Crippen molar-refractivity contribution in [3.8, 4) is 11.5 Å². The van der Waals surface area contributed by atoms with Crippen LogP contribution >= 0.6 is 0 Å². The Hall–Kier alpha value is -0.260. The van der Waals surface area contributed by atoms with Gasteiger partial charge in [-0.3, -0.25) is 0 Å². The van der Waals surface area contributed by atoms with E-state index in [2.05, 4.69) is 5.32 Å². The van der Waals surface area contributed by atoms with Crippen molar-refractivity contribution in [3.05, 3.63) is 23.8 Å². The minimum atomic E-state index is -0.670. The molecule has 1 rings (SSSR count). The van der Waals surface area contributed by atoms with Crippen LogP contribution in [0, 0.1) is 0 Å². The Morgan fingerprint density at radius 1 is 1.29 bits per heavy atom. The summed E-state index contributed by atoms with van der Waals surface area (Å²) in [5.41, 5.74) is 0.574. The van der Waals surface area contributed by atoms with Crippen LogP contribution < -0.4 is 5.32 Å². The predicted octanol–water partition coefficient (Wildman–Crippen LogP) is -0.298. The van der Waals surface area contributed by atoms with Crippen molar-refractivity contribution in [2.24, 2.45) is 0 Å². The van der Waals surface area contributed by atoms with Crippen LogP contribution in [0.2, 0.25) is 0 Å². The van der Waals surface area contributed by atoms with Crippen LogP contribution in [-0.2, 0) is 0 Å². The third-order valence-electron chi connectivity index (χ3n) is 1.78. The van der Waals surface area contributed by atoms with Gasteiger partial charge in [0.1, 0.15) is 0 Å². The molecule has 74 valence electrons. The van der Waals surface area contributed by atoms with Crippen molar-refractivity contribution in [1.82, 2.24) is 5.32 Å². The van der Waals surface area contributed by atoms with Crippen LogP contribution in [0.3, 0.4) is 0 Å². The van der Waals surface area contributed by atoms with Crippen LogP contribution in [0.15, 0.2) is 18.2 Å². The molecule has 5 heteroatoms. The molecule has 0 amide bonds. The molecule has 1 aromatic rings. The molecule has 1 atom stereocenters. The van der Waals surface area contributed by atoms with Crippen LogP contribution in [0.25, 0.3) is 0 Å². The molecule has 0 aliphatic heterocycles. The molecule has 4 nitrogen and oxygen atoms in total. The molecule has 0 spiro atoms. The number of phenolic OH excluding ortho intramolecular Hbond substituents is 2. The summed E-state index contributed by atoms with van der Waals surface area (Å²) in [5, 5.41) is 30.4. The Bertz CT molecular complexity index is 293. The second-order valence-corrected chi connectivity index (χ2v) is 2.82. The fourth-order valence-corrected chi connectivity index (χ4v) is 1.06. The van der Waals surface area contributed by atoms with Crippen molar-refractivity contribution >= 4 is 29.6 Å². The average molecular weight is 207 g/mol. The molecule has 0 saturated carbocycles. The Morgan fingerprint density at radius 3 is 2.43 bits per heavy atom. The first-order chi connectivity index (χ1) is 6.15. The zero-order chi connectivity index (χ0) is 9.84. The van der Waals surface area contributed by atoms with Gasteiger partial charge >= 0.3 is 29.6 Å². The maximum atomic E-state index is 9.48. The van der Waals surface area contributed by atoms with Gasteiger partial charge in [0.25, 0.3) is 0 Å². The van der Waals surface area contributed by atoms with Gasteiger partial charge < -0.3 is 20.6 Å². The Kier molecular flexibility index (Phi) is 6.15. The number of hydrogen-bond donors (Lipinski definition) is 4. The number of rotatable bonds is 3. The van der Waals surface area contributed by atoms with Gasteiger partial charge in [-0.25, -0.2) is 0 Å². The molecule has 4 N–H and O–H groups in total. The summed E-state index contributed by atoms with van der Waals surface area (Å²) >= 11 is 0. The number of aromatic hydroxyl groups is 2. The van der Waals surface area contributed by atoms with E-state index in [1.165, 1.54) is 12.1 Å². The number of nitrogens with one attached hydrogen (secondary N) is 1. The Morgan fingerprint density at radius 2 is 1.93 bits per heavy atom. The molecular weight excluding hydrogens is 193 g/mol. The molecular formula is C9H14NNaO3. The van der Waals surface area contributed by atoms with Crippen molar-refractivity contribution < 1.29 is 15.3 Å². The first kappa shape index (κ1) is 13.7. The molecule has 0 saturated heterocycles. The van der Waals surface area contributed by atoms with Gasteiger partial charge in [0.2, 0.25) is 0 Å². The third-order valence-corrected chi connectivity index (χ3v) is 1.78. The van der Waals surface area contributed by atoms with E-state index in [0.29, 0.717) is 12.1 Å². The van der Waals surface area contributed by atoms with E-state index in [9.17, 15) is 5.11 Å². The van der Waals surface area contributed by atoms with Crippen molar-refractivity contribution in [2.75, 3.05) is 13.6 Å². The molecule has 0 bridgehead atoms. The monoisotopic (exact) mass is 207 g/mol. The molecule has 0 fully saturated rings. The van der Waals surface area contributed by atoms with Gasteiger partial charge in [0, 0.05) is 6.54 Å². The second-order valence-electron chi connectivity index (χ2n) is 2.82. The number of aliphatic hydroxyl groups excluding tert-OH is 1. The predicted molar refractivity (Wildman–Crippen MR) is 55.8 cm³/mol. The molecule has 14 heavy (non-hydrogen) atoms. The van der Waals surface area contributed by atoms with E-state index in [4.69, 9.17) is 10.2 Å². The third kappa shape index (κ3) is 3.48. The fourth-order valence-electron chi connectivity index (χ4n) is 1.06. The molecule has 1 aromatic carbocycles. The normalized spacial score (nSPS) is 11.9. The van der Waals surface area contributed by atoms with Gasteiger partial charge in [-0.05, 0) is 24.7 Å². The van der Waals surface area contributed by atoms with Crippen LogP contribution in [-0.4, -0.2) is 58.5 Å². The first-order valence-electron chi connectivity index (χ1n) is 3.99. The number of hydrogen-bond acceptors (Lipinski definition) is 4. The van der Waals surface area contributed by atoms with Crippen molar-refractivity contribution in [3.63, 3.8) is 0 Å². The topological polar surface area (TPSA) is 72.7 Å². The SMILES string of the molecule is CNC[C@H](O)c1ccc(O)c(O)c1.[NaH]. The summed E-state index contributed by atoms with van der Waals surface area (Å²) in [7, 11) is 1.73. The fraction of sp³-hybridized carbons (Fsp3) is 0.333. The van der Waals surface area contributed by atoms with E-state index in [0.717, 1.165) is 0 Å². The quantitative estimate of drug-likeness (QED) is 0.405. The number of benzene rings is 1. The van der Waals surface area contributed by atoms with Crippen LogP contribution in [0.1, 0.15) is 11.7 Å². The maximum absolute atomic E-state index is 9.48.